The molecule has 1 N–H and O–H groups in total. The summed E-state index contributed by atoms with van der Waals surface area (Å²) in [7, 11) is -1.96. The highest BCUT2D eigenvalue weighted by Gasteiger charge is 2.46. The van der Waals surface area contributed by atoms with E-state index in [1.54, 1.807) is 12.2 Å². The smallest absolute Gasteiger partial charge is 0.194 e. The van der Waals surface area contributed by atoms with Gasteiger partial charge in [0.2, 0.25) is 0 Å². The summed E-state index contributed by atoms with van der Waals surface area (Å²) in [6, 6.07) is 0. The Morgan fingerprint density at radius 2 is 1.91 bits per heavy atom. The van der Waals surface area contributed by atoms with E-state index >= 15 is 0 Å². The van der Waals surface area contributed by atoms with Gasteiger partial charge in [0, 0.05) is 6.42 Å². The van der Waals surface area contributed by atoms with Gasteiger partial charge in [0.25, 0.3) is 0 Å². The third-order valence-corrected chi connectivity index (χ3v) is 9.80. The molecule has 23 heavy (non-hydrogen) atoms. The van der Waals surface area contributed by atoms with Crippen LogP contribution in [0.2, 0.25) is 18.1 Å². The van der Waals surface area contributed by atoms with E-state index in [1.807, 2.05) is 0 Å². The largest absolute Gasteiger partial charge is 0.400 e. The fraction of sp³-hybridized carbons (Fsp3) is 0.600. The molecule has 2 atom stereocenters. The van der Waals surface area contributed by atoms with Crippen LogP contribution in [0.5, 0.6) is 0 Å². The summed E-state index contributed by atoms with van der Waals surface area (Å²) in [5.41, 5.74) is 1.72. The Morgan fingerprint density at radius 1 is 1.26 bits per heavy atom. The first-order valence-corrected chi connectivity index (χ1v) is 11.2. The highest BCUT2D eigenvalue weighted by Crippen LogP contribution is 2.44. The van der Waals surface area contributed by atoms with Crippen molar-refractivity contribution in [3.63, 3.8) is 0 Å². The molecular formula is C20H28O2Si. The summed E-state index contributed by atoms with van der Waals surface area (Å²) < 4.78 is 6.77. The van der Waals surface area contributed by atoms with Gasteiger partial charge in [-0.1, -0.05) is 50.0 Å². The fourth-order valence-corrected chi connectivity index (χ4v) is 4.27. The molecule has 0 aliphatic heterocycles. The minimum atomic E-state index is -1.96. The summed E-state index contributed by atoms with van der Waals surface area (Å²) in [4.78, 5) is 0. The second kappa shape index (κ2) is 6.33. The molecule has 0 unspecified atom stereocenters. The Bertz CT molecular complexity index is 656. The van der Waals surface area contributed by atoms with Crippen molar-refractivity contribution < 1.29 is 9.53 Å². The fourth-order valence-electron chi connectivity index (χ4n) is 2.76. The Balaban J connectivity index is 2.46. The predicted octanol–water partition coefficient (Wildman–Crippen LogP) is 4.18. The van der Waals surface area contributed by atoms with Crippen molar-refractivity contribution in [1.82, 2.24) is 0 Å². The van der Waals surface area contributed by atoms with Gasteiger partial charge in [-0.25, -0.2) is 0 Å². The number of aliphatic hydroxyl groups excluding tert-OH is 1. The number of rotatable bonds is 2. The Morgan fingerprint density at radius 3 is 2.57 bits per heavy atom. The first-order chi connectivity index (χ1) is 10.6. The highest BCUT2D eigenvalue weighted by molar-refractivity contribution is 6.74. The van der Waals surface area contributed by atoms with Crippen molar-refractivity contribution >= 4 is 8.32 Å². The van der Waals surface area contributed by atoms with E-state index in [9.17, 15) is 5.11 Å². The van der Waals surface area contributed by atoms with Crippen LogP contribution in [-0.4, -0.2) is 25.1 Å². The molecule has 2 rings (SSSR count). The topological polar surface area (TPSA) is 29.5 Å². The van der Waals surface area contributed by atoms with E-state index in [0.29, 0.717) is 6.42 Å². The lowest BCUT2D eigenvalue weighted by Crippen LogP contribution is -2.50. The van der Waals surface area contributed by atoms with Gasteiger partial charge in [0.15, 0.2) is 8.32 Å². The molecule has 0 aromatic carbocycles. The van der Waals surface area contributed by atoms with E-state index in [1.165, 1.54) is 5.57 Å². The number of hydrogen-bond acceptors (Lipinski definition) is 2. The molecule has 2 nitrogen and oxygen atoms in total. The van der Waals surface area contributed by atoms with E-state index in [4.69, 9.17) is 4.43 Å². The highest BCUT2D eigenvalue weighted by atomic mass is 28.4. The molecule has 0 saturated carbocycles. The Labute approximate surface area is 142 Å². The molecule has 0 saturated heterocycles. The third kappa shape index (κ3) is 3.99. The van der Waals surface area contributed by atoms with Gasteiger partial charge < -0.3 is 9.53 Å². The summed E-state index contributed by atoms with van der Waals surface area (Å²) in [5, 5.41) is 10.6. The Kier molecular flexibility index (Phi) is 4.97. The molecule has 2 aliphatic carbocycles. The lowest BCUT2D eigenvalue weighted by Gasteiger charge is -2.45. The monoisotopic (exact) mass is 328 g/mol. The zero-order valence-corrected chi connectivity index (χ0v) is 16.2. The first kappa shape index (κ1) is 18.1. The molecule has 0 spiro atoms. The molecule has 2 bridgehead atoms. The maximum Gasteiger partial charge on any atom is 0.194 e. The van der Waals surface area contributed by atoms with Gasteiger partial charge in [-0.3, -0.25) is 0 Å². The van der Waals surface area contributed by atoms with Gasteiger partial charge in [-0.15, -0.1) is 0 Å². The van der Waals surface area contributed by atoms with Crippen LogP contribution in [0, 0.1) is 23.7 Å². The molecular weight excluding hydrogens is 300 g/mol. The van der Waals surface area contributed by atoms with Gasteiger partial charge in [0.1, 0.15) is 11.7 Å². The lowest BCUT2D eigenvalue weighted by molar-refractivity contribution is 0.0888. The average Bonchev–Trinajstić information content (AvgIpc) is 2.43. The second-order valence-electron chi connectivity index (χ2n) is 8.13. The van der Waals surface area contributed by atoms with Crippen molar-refractivity contribution in [2.24, 2.45) is 0 Å². The zero-order chi connectivity index (χ0) is 17.3. The SMILES string of the molecule is CC1=C2C[C@](O[Si](C)(C)C(C)(C)C)(C#C/C=C\C#C[C@@H]2O)CC1. The van der Waals surface area contributed by atoms with Crippen molar-refractivity contribution in [3.05, 3.63) is 23.3 Å². The van der Waals surface area contributed by atoms with Crippen molar-refractivity contribution in [2.75, 3.05) is 0 Å². The van der Waals surface area contributed by atoms with Gasteiger partial charge >= 0.3 is 0 Å². The summed E-state index contributed by atoms with van der Waals surface area (Å²) >= 11 is 0. The van der Waals surface area contributed by atoms with Crippen LogP contribution in [0.1, 0.15) is 47.0 Å². The molecule has 0 radical (unpaired) electrons. The predicted molar refractivity (Wildman–Crippen MR) is 98.3 cm³/mol. The van der Waals surface area contributed by atoms with E-state index in [-0.39, 0.29) is 5.04 Å². The van der Waals surface area contributed by atoms with Crippen molar-refractivity contribution in [1.29, 1.82) is 0 Å². The standard InChI is InChI=1S/C20H28O2Si/c1-16-12-14-20(22-23(5,6)19(2,3)4)13-10-8-7-9-11-18(21)17(16)15-20/h7-8,18,21H,12,14-15H2,1-6H3/b8-7-/t18-,20-/m0/s1. The minimum absolute atomic E-state index is 0.128. The first-order valence-electron chi connectivity index (χ1n) is 8.32. The molecule has 0 heterocycles. The van der Waals surface area contributed by atoms with Gasteiger partial charge in [0.05, 0.1) is 0 Å². The Hall–Kier alpha value is -1.26. The van der Waals surface area contributed by atoms with Crippen LogP contribution in [0.25, 0.3) is 0 Å². The minimum Gasteiger partial charge on any atom is -0.400 e. The maximum atomic E-state index is 10.4. The van der Waals surface area contributed by atoms with Crippen LogP contribution in [-0.2, 0) is 4.43 Å². The molecule has 0 aromatic heterocycles. The molecule has 2 aliphatic rings. The summed E-state index contributed by atoms with van der Waals surface area (Å²) in [6.07, 6.45) is 5.18. The average molecular weight is 329 g/mol. The summed E-state index contributed by atoms with van der Waals surface area (Å²) in [5.74, 6) is 12.2. The molecule has 0 fully saturated rings. The second-order valence-corrected chi connectivity index (χ2v) is 12.9. The number of aliphatic hydroxyl groups is 1. The quantitative estimate of drug-likeness (QED) is 0.468. The van der Waals surface area contributed by atoms with E-state index < -0.39 is 20.0 Å². The normalized spacial score (nSPS) is 29.1. The van der Waals surface area contributed by atoms with Gasteiger partial charge in [-0.2, -0.15) is 0 Å². The number of hydrogen-bond donors (Lipinski definition) is 1. The zero-order valence-electron chi connectivity index (χ0n) is 15.2. The third-order valence-electron chi connectivity index (χ3n) is 5.28. The van der Waals surface area contributed by atoms with Crippen LogP contribution < -0.4 is 0 Å². The lowest BCUT2D eigenvalue weighted by atomic mass is 9.79. The van der Waals surface area contributed by atoms with E-state index in [2.05, 4.69) is 64.5 Å². The number of allylic oxidation sites excluding steroid dienone is 3. The molecule has 0 amide bonds. The number of fused-ring (bicyclic) bond motifs is 2. The van der Waals surface area contributed by atoms with Crippen LogP contribution in [0.4, 0.5) is 0 Å². The maximum absolute atomic E-state index is 10.4. The molecule has 3 heteroatoms. The van der Waals surface area contributed by atoms with Crippen LogP contribution >= 0.6 is 0 Å². The summed E-state index contributed by atoms with van der Waals surface area (Å²) in [6.45, 7) is 13.3. The van der Waals surface area contributed by atoms with Crippen molar-refractivity contribution in [2.45, 2.75) is 76.8 Å². The van der Waals surface area contributed by atoms with Gasteiger partial charge in [-0.05, 0) is 55.6 Å². The van der Waals surface area contributed by atoms with Crippen molar-refractivity contribution in [3.8, 4) is 23.7 Å². The van der Waals surface area contributed by atoms with Crippen LogP contribution in [0.3, 0.4) is 0 Å². The molecule has 124 valence electrons. The van der Waals surface area contributed by atoms with Crippen LogP contribution in [0.15, 0.2) is 23.3 Å². The molecule has 0 aromatic rings. The van der Waals surface area contributed by atoms with E-state index in [0.717, 1.165) is 18.4 Å².